The summed E-state index contributed by atoms with van der Waals surface area (Å²) in [4.78, 5) is 22.0. The molecule has 1 aromatic heterocycles. The number of hydrogen-bond acceptors (Lipinski definition) is 6. The summed E-state index contributed by atoms with van der Waals surface area (Å²) >= 11 is 0. The molecule has 10 heteroatoms. The summed E-state index contributed by atoms with van der Waals surface area (Å²) < 4.78 is 45.9. The van der Waals surface area contributed by atoms with Crippen LogP contribution in [0.1, 0.15) is 22.5 Å². The fourth-order valence-electron chi connectivity index (χ4n) is 2.49. The number of rotatable bonds is 5. The monoisotopic (exact) mass is 382 g/mol. The van der Waals surface area contributed by atoms with Crippen LogP contribution in [0.3, 0.4) is 0 Å². The van der Waals surface area contributed by atoms with Gasteiger partial charge in [-0.3, -0.25) is 4.79 Å². The second-order valence-electron chi connectivity index (χ2n) is 5.80. The fraction of sp³-hybridized carbons (Fsp3) is 0.353. The van der Waals surface area contributed by atoms with E-state index in [0.29, 0.717) is 24.5 Å². The average molecular weight is 382 g/mol. The number of anilines is 1. The number of nitrogens with one attached hydrogen (secondary N) is 1. The fourth-order valence-corrected chi connectivity index (χ4v) is 2.49. The minimum atomic E-state index is -4.74. The van der Waals surface area contributed by atoms with Crippen LogP contribution in [-0.4, -0.2) is 47.0 Å². The Kier molecular flexibility index (Phi) is 5.75. The number of benzene rings is 1. The summed E-state index contributed by atoms with van der Waals surface area (Å²) in [6, 6.07) is 5.62. The first-order valence-corrected chi connectivity index (χ1v) is 8.18. The molecule has 0 saturated carbocycles. The molecule has 0 aliphatic carbocycles. The van der Waals surface area contributed by atoms with Crippen LogP contribution in [0.2, 0.25) is 0 Å². The van der Waals surface area contributed by atoms with Crippen LogP contribution in [0.4, 0.5) is 19.0 Å². The van der Waals surface area contributed by atoms with Gasteiger partial charge in [0, 0.05) is 13.1 Å². The topological polar surface area (TPSA) is 76.6 Å². The number of halogens is 3. The Balaban J connectivity index is 1.57. The Morgan fingerprint density at radius 3 is 2.81 bits per heavy atom. The van der Waals surface area contributed by atoms with E-state index < -0.39 is 6.36 Å². The largest absolute Gasteiger partial charge is 0.573 e. The van der Waals surface area contributed by atoms with Gasteiger partial charge in [0.25, 0.3) is 5.91 Å². The van der Waals surface area contributed by atoms with Gasteiger partial charge in [-0.25, -0.2) is 9.97 Å². The van der Waals surface area contributed by atoms with Crippen LogP contribution in [-0.2, 0) is 11.3 Å². The standard InChI is InChI=1S/C17H17F3N4O3/c18-17(19,20)27-13-4-1-3-12(7-13)8-22-15-10-21-14(9-23-15)16(25)24-5-2-6-26-11-24/h1,3-4,7,9-10H,2,5-6,8,11H2,(H,22,23). The van der Waals surface area contributed by atoms with E-state index >= 15 is 0 Å². The maximum Gasteiger partial charge on any atom is 0.573 e. The van der Waals surface area contributed by atoms with Gasteiger partial charge in [0.1, 0.15) is 24.0 Å². The molecule has 1 N–H and O–H groups in total. The summed E-state index contributed by atoms with van der Waals surface area (Å²) in [6.45, 7) is 1.69. The third-order valence-electron chi connectivity index (χ3n) is 3.73. The predicted molar refractivity (Wildman–Crippen MR) is 89.0 cm³/mol. The van der Waals surface area contributed by atoms with Crippen molar-refractivity contribution in [3.63, 3.8) is 0 Å². The van der Waals surface area contributed by atoms with Gasteiger partial charge in [0.05, 0.1) is 19.0 Å². The summed E-state index contributed by atoms with van der Waals surface area (Å²) in [5, 5.41) is 2.94. The quantitative estimate of drug-likeness (QED) is 0.857. The molecule has 1 aliphatic heterocycles. The van der Waals surface area contributed by atoms with Crippen molar-refractivity contribution in [2.75, 3.05) is 25.2 Å². The Labute approximate surface area is 153 Å². The van der Waals surface area contributed by atoms with Crippen molar-refractivity contribution >= 4 is 11.7 Å². The minimum Gasteiger partial charge on any atom is -0.406 e. The zero-order valence-corrected chi connectivity index (χ0v) is 14.2. The Hall–Kier alpha value is -2.88. The van der Waals surface area contributed by atoms with Crippen LogP contribution in [0.25, 0.3) is 0 Å². The maximum atomic E-state index is 12.3. The lowest BCUT2D eigenvalue weighted by molar-refractivity contribution is -0.274. The summed E-state index contributed by atoms with van der Waals surface area (Å²) in [7, 11) is 0. The van der Waals surface area contributed by atoms with Gasteiger partial charge in [0.15, 0.2) is 0 Å². The normalized spacial score (nSPS) is 14.7. The van der Waals surface area contributed by atoms with E-state index in [2.05, 4.69) is 20.0 Å². The second-order valence-corrected chi connectivity index (χ2v) is 5.80. The van der Waals surface area contributed by atoms with Crippen molar-refractivity contribution in [1.29, 1.82) is 0 Å². The molecule has 0 atom stereocenters. The van der Waals surface area contributed by atoms with Gasteiger partial charge >= 0.3 is 6.36 Å². The molecule has 0 bridgehead atoms. The van der Waals surface area contributed by atoms with Crippen molar-refractivity contribution < 1.29 is 27.4 Å². The molecule has 1 fully saturated rings. The van der Waals surface area contributed by atoms with E-state index in [1.54, 1.807) is 11.0 Å². The molecule has 0 radical (unpaired) electrons. The number of aromatic nitrogens is 2. The highest BCUT2D eigenvalue weighted by atomic mass is 19.4. The molecule has 0 unspecified atom stereocenters. The summed E-state index contributed by atoms with van der Waals surface area (Å²) in [5.74, 6) is -0.160. The van der Waals surface area contributed by atoms with Crippen LogP contribution in [0.15, 0.2) is 36.7 Å². The van der Waals surface area contributed by atoms with Crippen molar-refractivity contribution in [2.45, 2.75) is 19.3 Å². The first-order chi connectivity index (χ1) is 12.9. The number of amides is 1. The lowest BCUT2D eigenvalue weighted by Crippen LogP contribution is -2.38. The molecule has 144 valence electrons. The van der Waals surface area contributed by atoms with E-state index in [4.69, 9.17) is 4.74 Å². The molecule has 1 aromatic carbocycles. The van der Waals surface area contributed by atoms with Gasteiger partial charge < -0.3 is 19.7 Å². The minimum absolute atomic E-state index is 0.201. The number of hydrogen-bond donors (Lipinski definition) is 1. The van der Waals surface area contributed by atoms with E-state index in [1.807, 2.05) is 0 Å². The summed E-state index contributed by atoms with van der Waals surface area (Å²) in [6.07, 6.45) is -1.22. The number of alkyl halides is 3. The lowest BCUT2D eigenvalue weighted by atomic mass is 10.2. The highest BCUT2D eigenvalue weighted by molar-refractivity contribution is 5.92. The van der Waals surface area contributed by atoms with Crippen molar-refractivity contribution in [2.24, 2.45) is 0 Å². The van der Waals surface area contributed by atoms with Crippen LogP contribution >= 0.6 is 0 Å². The first-order valence-electron chi connectivity index (χ1n) is 8.18. The lowest BCUT2D eigenvalue weighted by Gasteiger charge is -2.26. The molecule has 2 heterocycles. The average Bonchev–Trinajstić information content (AvgIpc) is 2.66. The smallest absolute Gasteiger partial charge is 0.406 e. The van der Waals surface area contributed by atoms with Crippen LogP contribution in [0.5, 0.6) is 5.75 Å². The Morgan fingerprint density at radius 2 is 2.15 bits per heavy atom. The molecule has 1 amide bonds. The highest BCUT2D eigenvalue weighted by Crippen LogP contribution is 2.23. The van der Waals surface area contributed by atoms with Gasteiger partial charge in [-0.05, 0) is 24.1 Å². The van der Waals surface area contributed by atoms with Crippen LogP contribution in [0, 0.1) is 0 Å². The van der Waals surface area contributed by atoms with Gasteiger partial charge in [-0.2, -0.15) is 0 Å². The molecule has 2 aromatic rings. The number of ether oxygens (including phenoxy) is 2. The molecule has 1 aliphatic rings. The molecule has 27 heavy (non-hydrogen) atoms. The zero-order chi connectivity index (χ0) is 19.3. The highest BCUT2D eigenvalue weighted by Gasteiger charge is 2.31. The van der Waals surface area contributed by atoms with E-state index in [9.17, 15) is 18.0 Å². The van der Waals surface area contributed by atoms with Crippen molar-refractivity contribution in [3.05, 3.63) is 47.9 Å². The Morgan fingerprint density at radius 1 is 1.30 bits per heavy atom. The number of carbonyl (C=O) groups excluding carboxylic acids is 1. The van der Waals surface area contributed by atoms with E-state index in [-0.39, 0.29) is 30.6 Å². The maximum absolute atomic E-state index is 12.3. The second kappa shape index (κ2) is 8.21. The molecular formula is C17H17F3N4O3. The number of carbonyl (C=O) groups is 1. The predicted octanol–water partition coefficient (Wildman–Crippen LogP) is 2.81. The molecule has 3 rings (SSSR count). The summed E-state index contributed by atoms with van der Waals surface area (Å²) in [5.41, 5.74) is 0.774. The van der Waals surface area contributed by atoms with Gasteiger partial charge in [-0.1, -0.05) is 12.1 Å². The molecule has 7 nitrogen and oxygen atoms in total. The number of nitrogens with zero attached hydrogens (tertiary/aromatic N) is 3. The van der Waals surface area contributed by atoms with Gasteiger partial charge in [-0.15, -0.1) is 13.2 Å². The van der Waals surface area contributed by atoms with E-state index in [1.165, 1.54) is 30.6 Å². The third-order valence-corrected chi connectivity index (χ3v) is 3.73. The van der Waals surface area contributed by atoms with Crippen molar-refractivity contribution in [1.82, 2.24) is 14.9 Å². The Bertz CT molecular complexity index is 778. The van der Waals surface area contributed by atoms with E-state index in [0.717, 1.165) is 6.42 Å². The molecule has 1 saturated heterocycles. The van der Waals surface area contributed by atoms with Crippen molar-refractivity contribution in [3.8, 4) is 5.75 Å². The SMILES string of the molecule is O=C(c1cnc(NCc2cccc(OC(F)(F)F)c2)cn1)N1CCCOC1. The zero-order valence-electron chi connectivity index (χ0n) is 14.2. The third kappa shape index (κ3) is 5.55. The first kappa shape index (κ1) is 18.9. The van der Waals surface area contributed by atoms with Gasteiger partial charge in [0.2, 0.25) is 0 Å². The molecule has 0 spiro atoms. The van der Waals surface area contributed by atoms with Crippen LogP contribution < -0.4 is 10.1 Å². The molecular weight excluding hydrogens is 365 g/mol.